The maximum atomic E-state index is 15.1. The molecule has 7 aromatic carbocycles. The van der Waals surface area contributed by atoms with E-state index in [-0.39, 0.29) is 35.7 Å². The SMILES string of the molecule is CCCCN1/C(=C\C=O)C(C)(C)c2c1ccc1cc(C#Cc3cc4c5c(ccc6c7c(N8CCCC8)cc8c9c(ccc(c3c56)c97)C(=O)N(C3CCCCC3)C8=O)C(=O)N(C3CCCCC3)C4=O)ccc21. The number of anilines is 2. The first-order chi connectivity index (χ1) is 34.6. The normalized spacial score (nSPS) is 20.0. The minimum Gasteiger partial charge on any atom is -0.371 e. The van der Waals surface area contributed by atoms with Crippen molar-refractivity contribution in [1.29, 1.82) is 0 Å². The van der Waals surface area contributed by atoms with Crippen molar-refractivity contribution in [2.75, 3.05) is 29.4 Å². The second-order valence-corrected chi connectivity index (χ2v) is 21.7. The molecule has 0 unspecified atom stereocenters. The second-order valence-electron chi connectivity index (χ2n) is 21.7. The molecule has 2 aliphatic carbocycles. The largest absolute Gasteiger partial charge is 0.371 e. The van der Waals surface area contributed by atoms with Crippen molar-refractivity contribution in [2.45, 2.75) is 128 Å². The molecule has 9 heteroatoms. The Morgan fingerprint density at radius 2 is 1.15 bits per heavy atom. The summed E-state index contributed by atoms with van der Waals surface area (Å²) in [5, 5.41) is 8.70. The Kier molecular flexibility index (Phi) is 10.2. The van der Waals surface area contributed by atoms with Gasteiger partial charge in [-0.1, -0.05) is 102 Å². The van der Waals surface area contributed by atoms with Gasteiger partial charge >= 0.3 is 0 Å². The maximum absolute atomic E-state index is 15.1. The number of carbonyl (C=O) groups excluding carboxylic acids is 5. The lowest BCUT2D eigenvalue weighted by molar-refractivity contribution is -0.104. The van der Waals surface area contributed by atoms with Crippen LogP contribution in [0, 0.1) is 11.8 Å². The molecule has 6 aliphatic rings. The zero-order valence-electron chi connectivity index (χ0n) is 41.0. The third-order valence-electron chi connectivity index (χ3n) is 17.4. The molecule has 0 N–H and O–H groups in total. The number of unbranched alkanes of at least 4 members (excludes halogenated alkanes) is 1. The molecule has 0 aromatic heterocycles. The third kappa shape index (κ3) is 6.35. The molecule has 9 nitrogen and oxygen atoms in total. The van der Waals surface area contributed by atoms with Gasteiger partial charge < -0.3 is 9.80 Å². The first kappa shape index (κ1) is 43.9. The number of rotatable bonds is 7. The molecule has 0 spiro atoms. The number of carbonyl (C=O) groups is 5. The van der Waals surface area contributed by atoms with Crippen LogP contribution >= 0.6 is 0 Å². The van der Waals surface area contributed by atoms with E-state index in [9.17, 15) is 14.4 Å². The van der Waals surface area contributed by atoms with Crippen LogP contribution in [0.2, 0.25) is 0 Å². The Morgan fingerprint density at radius 1 is 0.577 bits per heavy atom. The highest BCUT2D eigenvalue weighted by Gasteiger charge is 2.44. The fourth-order valence-electron chi connectivity index (χ4n) is 14.1. The van der Waals surface area contributed by atoms with Crippen LogP contribution in [0.25, 0.3) is 53.9 Å². The quantitative estimate of drug-likeness (QED) is 0.0392. The number of allylic oxidation sites excluding steroid dienone is 2. The summed E-state index contributed by atoms with van der Waals surface area (Å²) in [4.78, 5) is 79.5. The molecular formula is C62H58N4O5. The Hall–Kier alpha value is -7.05. The van der Waals surface area contributed by atoms with Gasteiger partial charge in [0.25, 0.3) is 23.6 Å². The van der Waals surface area contributed by atoms with Crippen LogP contribution < -0.4 is 9.80 Å². The Balaban J connectivity index is 1.07. The second kappa shape index (κ2) is 16.5. The summed E-state index contributed by atoms with van der Waals surface area (Å²) in [5.41, 5.74) is 7.49. The van der Waals surface area contributed by atoms with Gasteiger partial charge in [0.15, 0.2) is 0 Å². The van der Waals surface area contributed by atoms with Gasteiger partial charge in [-0.2, -0.15) is 0 Å². The summed E-state index contributed by atoms with van der Waals surface area (Å²) in [5.74, 6) is 6.21. The van der Waals surface area contributed by atoms with Crippen molar-refractivity contribution in [3.8, 4) is 11.8 Å². The molecule has 4 amide bonds. The molecule has 4 aliphatic heterocycles. The van der Waals surface area contributed by atoms with Crippen LogP contribution in [-0.2, 0) is 10.2 Å². The van der Waals surface area contributed by atoms with Crippen LogP contribution in [0.4, 0.5) is 11.4 Å². The van der Waals surface area contributed by atoms with E-state index in [0.717, 1.165) is 182 Å². The molecule has 0 atom stereocenters. The van der Waals surface area contributed by atoms with Crippen molar-refractivity contribution in [1.82, 2.24) is 9.80 Å². The number of benzene rings is 7. The highest BCUT2D eigenvalue weighted by molar-refractivity contribution is 6.43. The predicted molar refractivity (Wildman–Crippen MR) is 283 cm³/mol. The van der Waals surface area contributed by atoms with E-state index in [0.29, 0.717) is 38.6 Å². The van der Waals surface area contributed by atoms with E-state index in [1.54, 1.807) is 15.9 Å². The van der Waals surface area contributed by atoms with Gasteiger partial charge in [-0.05, 0) is 121 Å². The van der Waals surface area contributed by atoms with E-state index in [1.165, 1.54) is 5.56 Å². The van der Waals surface area contributed by atoms with Gasteiger partial charge in [-0.3, -0.25) is 33.8 Å². The van der Waals surface area contributed by atoms with Gasteiger partial charge in [-0.15, -0.1) is 0 Å². The van der Waals surface area contributed by atoms with Crippen LogP contribution in [-0.4, -0.2) is 71.4 Å². The molecule has 0 radical (unpaired) electrons. The van der Waals surface area contributed by atoms with Crippen LogP contribution in [0.5, 0.6) is 0 Å². The van der Waals surface area contributed by atoms with Crippen LogP contribution in [0.3, 0.4) is 0 Å². The predicted octanol–water partition coefficient (Wildman–Crippen LogP) is 12.7. The monoisotopic (exact) mass is 938 g/mol. The minimum atomic E-state index is -0.392. The van der Waals surface area contributed by atoms with E-state index < -0.39 is 5.41 Å². The van der Waals surface area contributed by atoms with E-state index in [2.05, 4.69) is 84.9 Å². The number of amides is 4. The Labute approximate surface area is 414 Å². The number of aldehydes is 1. The molecule has 3 fully saturated rings. The summed E-state index contributed by atoms with van der Waals surface area (Å²) in [6.45, 7) is 9.09. The Bertz CT molecular complexity index is 3610. The molecule has 71 heavy (non-hydrogen) atoms. The molecule has 1 saturated heterocycles. The average molecular weight is 939 g/mol. The lowest BCUT2D eigenvalue weighted by Gasteiger charge is -2.37. The van der Waals surface area contributed by atoms with E-state index in [1.807, 2.05) is 24.3 Å². The first-order valence-electron chi connectivity index (χ1n) is 26.4. The molecule has 0 bridgehead atoms. The summed E-state index contributed by atoms with van der Waals surface area (Å²) in [6.07, 6.45) is 16.1. The number of fused-ring (bicyclic) bond motifs is 5. The number of hydrogen-bond donors (Lipinski definition) is 0. The first-order valence-corrected chi connectivity index (χ1v) is 26.4. The van der Waals surface area contributed by atoms with Crippen molar-refractivity contribution < 1.29 is 24.0 Å². The zero-order chi connectivity index (χ0) is 48.4. The topological polar surface area (TPSA) is 98.3 Å². The average Bonchev–Trinajstić information content (AvgIpc) is 4.01. The van der Waals surface area contributed by atoms with Crippen molar-refractivity contribution in [2.24, 2.45) is 0 Å². The fraction of sp³-hybridized carbons (Fsp3) is 0.371. The van der Waals surface area contributed by atoms with Gasteiger partial charge in [-0.25, -0.2) is 0 Å². The smallest absolute Gasteiger partial charge is 0.261 e. The number of imide groups is 2. The summed E-state index contributed by atoms with van der Waals surface area (Å²) < 4.78 is 0. The van der Waals surface area contributed by atoms with Gasteiger partial charge in [0.2, 0.25) is 0 Å². The molecule has 356 valence electrons. The van der Waals surface area contributed by atoms with E-state index in [4.69, 9.17) is 0 Å². The summed E-state index contributed by atoms with van der Waals surface area (Å²) in [6, 6.07) is 22.3. The van der Waals surface area contributed by atoms with Crippen molar-refractivity contribution in [3.05, 3.63) is 117 Å². The molecule has 2 saturated carbocycles. The Morgan fingerprint density at radius 3 is 1.77 bits per heavy atom. The molecular weight excluding hydrogens is 881 g/mol. The van der Waals surface area contributed by atoms with Gasteiger partial charge in [0, 0.05) is 114 Å². The zero-order valence-corrected chi connectivity index (χ0v) is 41.0. The van der Waals surface area contributed by atoms with E-state index >= 15 is 9.59 Å². The minimum absolute atomic E-state index is 0.129. The van der Waals surface area contributed by atoms with Gasteiger partial charge in [0.05, 0.1) is 5.56 Å². The highest BCUT2D eigenvalue weighted by Crippen LogP contribution is 2.53. The van der Waals surface area contributed by atoms with Crippen LogP contribution in [0.15, 0.2) is 78.5 Å². The standard InChI is InChI=1S/C62H58N4O5/c1-4-5-31-64-48-27-21-37-33-36(19-22-41(37)57(48)62(2,3)50(64)28-32-67)18-20-38-34-46-52-44(58(68)65(60(46)70)39-14-8-6-9-15-39)26-24-43-54-49(63-29-12-13-30-63)35-47-53-45(25-23-42(56(53)54)51(38)55(43)52)59(69)66(61(47)71)40-16-10-7-11-17-40/h19,21-28,32-35,39-40H,4-17,29-31H2,1-3H3/b50-28-. The lowest BCUT2D eigenvalue weighted by Crippen LogP contribution is -2.48. The lowest BCUT2D eigenvalue weighted by atomic mass is 9.79. The number of nitrogens with zero attached hydrogens (tertiary/aromatic N) is 4. The number of hydrogen-bond acceptors (Lipinski definition) is 7. The molecule has 13 rings (SSSR count). The molecule has 4 heterocycles. The van der Waals surface area contributed by atoms with Crippen molar-refractivity contribution in [3.63, 3.8) is 0 Å². The third-order valence-corrected chi connectivity index (χ3v) is 17.4. The van der Waals surface area contributed by atoms with Crippen molar-refractivity contribution >= 4 is 95.2 Å². The summed E-state index contributed by atoms with van der Waals surface area (Å²) >= 11 is 0. The van der Waals surface area contributed by atoms with Gasteiger partial charge in [0.1, 0.15) is 6.29 Å². The highest BCUT2D eigenvalue weighted by atomic mass is 16.2. The van der Waals surface area contributed by atoms with Crippen LogP contribution in [0.1, 0.15) is 169 Å². The fourth-order valence-corrected chi connectivity index (χ4v) is 14.1. The molecule has 7 aromatic rings. The maximum Gasteiger partial charge on any atom is 0.261 e. The summed E-state index contributed by atoms with van der Waals surface area (Å²) in [7, 11) is 0.